The molecule has 0 aliphatic heterocycles. The lowest BCUT2D eigenvalue weighted by Gasteiger charge is -2.05. The van der Waals surface area contributed by atoms with Gasteiger partial charge in [0.05, 0.1) is 0 Å². The summed E-state index contributed by atoms with van der Waals surface area (Å²) in [4.78, 5) is 0. The van der Waals surface area contributed by atoms with Gasteiger partial charge in [-0.15, -0.1) is 0 Å². The third kappa shape index (κ3) is 4.06. The zero-order valence-electron chi connectivity index (χ0n) is 12.6. The van der Waals surface area contributed by atoms with E-state index < -0.39 is 0 Å². The van der Waals surface area contributed by atoms with Gasteiger partial charge in [-0.2, -0.15) is 0 Å². The lowest BCUT2D eigenvalue weighted by molar-refractivity contribution is 1.16. The van der Waals surface area contributed by atoms with Gasteiger partial charge in [-0.05, 0) is 24.5 Å². The molecule has 0 spiro atoms. The van der Waals surface area contributed by atoms with E-state index in [2.05, 4.69) is 13.0 Å². The molecule has 6 N–H and O–H groups in total. The van der Waals surface area contributed by atoms with Crippen LogP contribution in [0.1, 0.15) is 29.2 Å². The molecule has 112 valence electrons. The third-order valence-corrected chi connectivity index (χ3v) is 3.38. The van der Waals surface area contributed by atoms with Crippen molar-refractivity contribution in [3.05, 3.63) is 76.4 Å². The van der Waals surface area contributed by atoms with E-state index in [0.29, 0.717) is 0 Å². The van der Waals surface area contributed by atoms with Crippen molar-refractivity contribution in [1.82, 2.24) is 0 Å². The average molecular weight is 292 g/mol. The minimum absolute atomic E-state index is 0.0813. The van der Waals surface area contributed by atoms with Crippen LogP contribution >= 0.6 is 0 Å². The third-order valence-electron chi connectivity index (χ3n) is 3.38. The Bertz CT molecular complexity index is 710. The molecule has 22 heavy (non-hydrogen) atoms. The van der Waals surface area contributed by atoms with Crippen molar-refractivity contribution >= 4 is 17.7 Å². The first-order valence-corrected chi connectivity index (χ1v) is 7.00. The molecule has 2 aromatic carbocycles. The van der Waals surface area contributed by atoms with Gasteiger partial charge in [-0.25, -0.2) is 0 Å². The number of benzene rings is 2. The molecule has 2 aromatic rings. The van der Waals surface area contributed by atoms with Gasteiger partial charge in [0.1, 0.15) is 11.7 Å². The average Bonchev–Trinajstić information content (AvgIpc) is 2.48. The molecule has 0 saturated heterocycles. The van der Waals surface area contributed by atoms with Gasteiger partial charge >= 0.3 is 0 Å². The van der Waals surface area contributed by atoms with Crippen LogP contribution in [-0.4, -0.2) is 11.7 Å². The number of rotatable bonds is 5. The molecule has 0 amide bonds. The van der Waals surface area contributed by atoms with Crippen molar-refractivity contribution in [1.29, 1.82) is 10.8 Å². The van der Waals surface area contributed by atoms with E-state index in [0.717, 1.165) is 23.1 Å². The SMILES string of the molecule is C/C(=C/c1ccc(C(=N)N)cc1)Cc1ccc(C(=N)N)cc1. The number of nitrogens with two attached hydrogens (primary N) is 2. The van der Waals surface area contributed by atoms with E-state index in [9.17, 15) is 0 Å². The van der Waals surface area contributed by atoms with Crippen molar-refractivity contribution in [3.8, 4) is 0 Å². The number of hydrogen-bond acceptors (Lipinski definition) is 2. The fourth-order valence-corrected chi connectivity index (χ4v) is 2.22. The van der Waals surface area contributed by atoms with Crippen molar-refractivity contribution in [2.45, 2.75) is 13.3 Å². The van der Waals surface area contributed by atoms with E-state index in [4.69, 9.17) is 22.3 Å². The molecular weight excluding hydrogens is 272 g/mol. The Kier molecular flexibility index (Phi) is 4.73. The van der Waals surface area contributed by atoms with Crippen LogP contribution in [0, 0.1) is 10.8 Å². The van der Waals surface area contributed by atoms with Gasteiger partial charge in [0, 0.05) is 11.1 Å². The van der Waals surface area contributed by atoms with Crippen LogP contribution in [0.5, 0.6) is 0 Å². The maximum absolute atomic E-state index is 7.39. The highest BCUT2D eigenvalue weighted by molar-refractivity contribution is 5.95. The van der Waals surface area contributed by atoms with Crippen molar-refractivity contribution in [2.75, 3.05) is 0 Å². The molecule has 0 atom stereocenters. The predicted octanol–water partition coefficient (Wildman–Crippen LogP) is 2.90. The normalized spacial score (nSPS) is 11.2. The van der Waals surface area contributed by atoms with E-state index in [1.807, 2.05) is 48.5 Å². The lowest BCUT2D eigenvalue weighted by Crippen LogP contribution is -2.10. The molecule has 0 unspecified atom stereocenters. The van der Waals surface area contributed by atoms with Crippen LogP contribution in [0.25, 0.3) is 6.08 Å². The highest BCUT2D eigenvalue weighted by Gasteiger charge is 2.00. The topological polar surface area (TPSA) is 99.7 Å². The number of nitrogen functional groups attached to an aromatic ring is 2. The van der Waals surface area contributed by atoms with E-state index in [1.54, 1.807) is 0 Å². The van der Waals surface area contributed by atoms with Crippen LogP contribution in [-0.2, 0) is 6.42 Å². The molecule has 0 saturated carbocycles. The monoisotopic (exact) mass is 292 g/mol. The van der Waals surface area contributed by atoms with E-state index in [-0.39, 0.29) is 11.7 Å². The molecular formula is C18H20N4. The molecule has 0 heterocycles. The Morgan fingerprint density at radius 2 is 1.32 bits per heavy atom. The smallest absolute Gasteiger partial charge is 0.122 e. The van der Waals surface area contributed by atoms with Crippen LogP contribution in [0.2, 0.25) is 0 Å². The highest BCUT2D eigenvalue weighted by atomic mass is 14.7. The summed E-state index contributed by atoms with van der Waals surface area (Å²) in [6, 6.07) is 15.3. The van der Waals surface area contributed by atoms with Crippen LogP contribution in [0.4, 0.5) is 0 Å². The Labute approximate surface area is 130 Å². The Morgan fingerprint density at radius 1 is 0.864 bits per heavy atom. The quantitative estimate of drug-likeness (QED) is 0.503. The summed E-state index contributed by atoms with van der Waals surface area (Å²) in [5, 5.41) is 14.8. The Morgan fingerprint density at radius 3 is 1.77 bits per heavy atom. The Hall–Kier alpha value is -2.88. The van der Waals surface area contributed by atoms with Gasteiger partial charge in [-0.1, -0.05) is 60.2 Å². The number of nitrogens with one attached hydrogen (secondary N) is 2. The fourth-order valence-electron chi connectivity index (χ4n) is 2.22. The maximum Gasteiger partial charge on any atom is 0.122 e. The molecule has 0 aliphatic carbocycles. The van der Waals surface area contributed by atoms with Gasteiger partial charge in [0.2, 0.25) is 0 Å². The van der Waals surface area contributed by atoms with Crippen molar-refractivity contribution in [2.24, 2.45) is 11.5 Å². The van der Waals surface area contributed by atoms with Crippen LogP contribution < -0.4 is 11.5 Å². The summed E-state index contributed by atoms with van der Waals surface area (Å²) < 4.78 is 0. The second kappa shape index (κ2) is 6.72. The summed E-state index contributed by atoms with van der Waals surface area (Å²) in [7, 11) is 0. The summed E-state index contributed by atoms with van der Waals surface area (Å²) in [6.07, 6.45) is 2.95. The zero-order chi connectivity index (χ0) is 16.1. The zero-order valence-corrected chi connectivity index (χ0v) is 12.6. The summed E-state index contributed by atoms with van der Waals surface area (Å²) in [6.45, 7) is 2.08. The van der Waals surface area contributed by atoms with Gasteiger partial charge in [0.25, 0.3) is 0 Å². The molecule has 0 aliphatic rings. The maximum atomic E-state index is 7.39. The van der Waals surface area contributed by atoms with Crippen molar-refractivity contribution < 1.29 is 0 Å². The molecule has 4 heteroatoms. The van der Waals surface area contributed by atoms with E-state index >= 15 is 0 Å². The molecule has 0 aromatic heterocycles. The summed E-state index contributed by atoms with van der Waals surface area (Å²) in [5.41, 5.74) is 15.9. The van der Waals surface area contributed by atoms with Gasteiger partial charge in [-0.3, -0.25) is 10.8 Å². The number of allylic oxidation sites excluding steroid dienone is 1. The Balaban J connectivity index is 2.08. The molecule has 0 bridgehead atoms. The number of hydrogen-bond donors (Lipinski definition) is 4. The van der Waals surface area contributed by atoms with Gasteiger partial charge in [0.15, 0.2) is 0 Å². The first kappa shape index (κ1) is 15.5. The molecule has 2 rings (SSSR count). The molecule has 0 fully saturated rings. The van der Waals surface area contributed by atoms with Crippen LogP contribution in [0.15, 0.2) is 54.1 Å². The molecule has 4 nitrogen and oxygen atoms in total. The fraction of sp³-hybridized carbons (Fsp3) is 0.111. The summed E-state index contributed by atoms with van der Waals surface area (Å²) in [5.74, 6) is 0.169. The van der Waals surface area contributed by atoms with Crippen LogP contribution in [0.3, 0.4) is 0 Å². The lowest BCUT2D eigenvalue weighted by atomic mass is 10.0. The first-order valence-electron chi connectivity index (χ1n) is 7.00. The largest absolute Gasteiger partial charge is 0.384 e. The second-order valence-electron chi connectivity index (χ2n) is 5.31. The second-order valence-corrected chi connectivity index (χ2v) is 5.31. The van der Waals surface area contributed by atoms with Gasteiger partial charge < -0.3 is 11.5 Å². The minimum Gasteiger partial charge on any atom is -0.384 e. The highest BCUT2D eigenvalue weighted by Crippen LogP contribution is 2.14. The van der Waals surface area contributed by atoms with Crippen molar-refractivity contribution in [3.63, 3.8) is 0 Å². The summed E-state index contributed by atoms with van der Waals surface area (Å²) >= 11 is 0. The van der Waals surface area contributed by atoms with E-state index in [1.165, 1.54) is 11.1 Å². The predicted molar refractivity (Wildman–Crippen MR) is 92.3 cm³/mol. The minimum atomic E-state index is 0.0813. The standard InChI is InChI=1S/C18H20N4/c1-12(10-13-2-6-15(7-3-13)17(19)20)11-14-4-8-16(9-5-14)18(21)22/h2-10H,11H2,1H3,(H3,19,20)(H3,21,22)/b12-10-. The number of amidine groups is 2. The molecule has 0 radical (unpaired) electrons. The first-order chi connectivity index (χ1) is 10.5.